The SMILES string of the molecule is N#CC(=Cc1ccc(Br)s1)C(=O)Nc1ccccc1[N+](=O)[O-]. The Morgan fingerprint density at radius 3 is 2.68 bits per heavy atom. The fraction of sp³-hybridized carbons (Fsp3) is 0. The van der Waals surface area contributed by atoms with Crippen LogP contribution in [0.2, 0.25) is 0 Å². The van der Waals surface area contributed by atoms with Gasteiger partial charge in [0.05, 0.1) is 8.71 Å². The molecule has 0 unspecified atom stereocenters. The number of amides is 1. The highest BCUT2D eigenvalue weighted by Crippen LogP contribution is 2.26. The van der Waals surface area contributed by atoms with Crippen LogP contribution in [0.1, 0.15) is 4.88 Å². The van der Waals surface area contributed by atoms with Crippen LogP contribution >= 0.6 is 27.3 Å². The van der Waals surface area contributed by atoms with Crippen LogP contribution in [0.5, 0.6) is 0 Å². The van der Waals surface area contributed by atoms with Gasteiger partial charge in [0, 0.05) is 10.9 Å². The number of nitro groups is 1. The molecule has 0 spiro atoms. The second-order valence-electron chi connectivity index (χ2n) is 4.04. The fourth-order valence-corrected chi connectivity index (χ4v) is 2.99. The Hall–Kier alpha value is -2.50. The van der Waals surface area contributed by atoms with Crippen LogP contribution in [0, 0.1) is 21.4 Å². The number of rotatable bonds is 4. The van der Waals surface area contributed by atoms with Crippen molar-refractivity contribution in [3.63, 3.8) is 0 Å². The second kappa shape index (κ2) is 6.98. The predicted molar refractivity (Wildman–Crippen MR) is 87.3 cm³/mol. The van der Waals surface area contributed by atoms with Gasteiger partial charge in [-0.05, 0) is 40.2 Å². The van der Waals surface area contributed by atoms with Crippen LogP contribution in [0.3, 0.4) is 0 Å². The number of carbonyl (C=O) groups is 1. The van der Waals surface area contributed by atoms with Crippen molar-refractivity contribution in [2.75, 3.05) is 5.32 Å². The third kappa shape index (κ3) is 3.78. The van der Waals surface area contributed by atoms with Gasteiger partial charge < -0.3 is 5.32 Å². The Balaban J connectivity index is 2.26. The summed E-state index contributed by atoms with van der Waals surface area (Å²) in [4.78, 5) is 23.1. The van der Waals surface area contributed by atoms with E-state index in [0.29, 0.717) is 0 Å². The lowest BCUT2D eigenvalue weighted by Crippen LogP contribution is -2.14. The minimum atomic E-state index is -0.693. The zero-order valence-electron chi connectivity index (χ0n) is 10.9. The summed E-state index contributed by atoms with van der Waals surface area (Å²) in [5.74, 6) is -0.693. The lowest BCUT2D eigenvalue weighted by atomic mass is 10.2. The van der Waals surface area contributed by atoms with Crippen molar-refractivity contribution in [3.8, 4) is 6.07 Å². The molecule has 2 rings (SSSR count). The topological polar surface area (TPSA) is 96.0 Å². The van der Waals surface area contributed by atoms with Crippen LogP contribution in [0.15, 0.2) is 45.8 Å². The molecular weight excluding hydrogens is 370 g/mol. The molecule has 0 fully saturated rings. The number of anilines is 1. The molecule has 1 amide bonds. The summed E-state index contributed by atoms with van der Waals surface area (Å²) in [6, 6.07) is 11.1. The van der Waals surface area contributed by atoms with Crippen LogP contribution in [0.25, 0.3) is 6.08 Å². The third-order valence-electron chi connectivity index (χ3n) is 2.59. The number of nitro benzene ring substituents is 1. The molecule has 22 heavy (non-hydrogen) atoms. The van der Waals surface area contributed by atoms with Gasteiger partial charge in [0.2, 0.25) is 0 Å². The van der Waals surface area contributed by atoms with Crippen molar-refractivity contribution in [1.29, 1.82) is 5.26 Å². The predicted octanol–water partition coefficient (Wildman–Crippen LogP) is 3.96. The monoisotopic (exact) mass is 377 g/mol. The van der Waals surface area contributed by atoms with E-state index in [1.54, 1.807) is 24.3 Å². The minimum Gasteiger partial charge on any atom is -0.316 e. The molecule has 0 saturated heterocycles. The quantitative estimate of drug-likeness (QED) is 0.377. The lowest BCUT2D eigenvalue weighted by Gasteiger charge is -2.04. The molecule has 2 aromatic rings. The van der Waals surface area contributed by atoms with Crippen LogP contribution in [-0.2, 0) is 4.79 Å². The molecule has 110 valence electrons. The summed E-state index contributed by atoms with van der Waals surface area (Å²) in [6.07, 6.45) is 1.43. The molecule has 0 aliphatic heterocycles. The first-order valence-electron chi connectivity index (χ1n) is 5.93. The largest absolute Gasteiger partial charge is 0.316 e. The highest BCUT2D eigenvalue weighted by Gasteiger charge is 2.17. The van der Waals surface area contributed by atoms with Gasteiger partial charge in [-0.25, -0.2) is 0 Å². The molecule has 0 bridgehead atoms. The third-order valence-corrected chi connectivity index (χ3v) is 4.17. The first-order valence-corrected chi connectivity index (χ1v) is 7.54. The molecule has 0 saturated carbocycles. The molecule has 0 aliphatic rings. The minimum absolute atomic E-state index is 0.0472. The molecule has 1 N–H and O–H groups in total. The number of nitrogens with zero attached hydrogens (tertiary/aromatic N) is 2. The van der Waals surface area contributed by atoms with Gasteiger partial charge in [-0.1, -0.05) is 12.1 Å². The first kappa shape index (κ1) is 15.9. The zero-order valence-corrected chi connectivity index (χ0v) is 13.3. The summed E-state index contributed by atoms with van der Waals surface area (Å²) >= 11 is 4.66. The van der Waals surface area contributed by atoms with E-state index in [9.17, 15) is 14.9 Å². The van der Waals surface area contributed by atoms with Gasteiger partial charge in [-0.15, -0.1) is 11.3 Å². The molecule has 0 aliphatic carbocycles. The molecule has 8 heteroatoms. The Morgan fingerprint density at radius 2 is 2.09 bits per heavy atom. The Kier molecular flexibility index (Phi) is 5.04. The van der Waals surface area contributed by atoms with Gasteiger partial charge in [-0.2, -0.15) is 5.26 Å². The lowest BCUT2D eigenvalue weighted by molar-refractivity contribution is -0.383. The summed E-state index contributed by atoms with van der Waals surface area (Å²) in [5, 5.41) is 22.4. The maximum absolute atomic E-state index is 12.1. The summed E-state index contributed by atoms with van der Waals surface area (Å²) in [6.45, 7) is 0. The Bertz CT molecular complexity index is 808. The first-order chi connectivity index (χ1) is 10.5. The molecule has 1 heterocycles. The van der Waals surface area contributed by atoms with E-state index in [0.717, 1.165) is 8.66 Å². The van der Waals surface area contributed by atoms with Crippen molar-refractivity contribution in [1.82, 2.24) is 0 Å². The van der Waals surface area contributed by atoms with Gasteiger partial charge in [-0.3, -0.25) is 14.9 Å². The number of nitrogens with one attached hydrogen (secondary N) is 1. The highest BCUT2D eigenvalue weighted by atomic mass is 79.9. The molecule has 0 atom stereocenters. The number of nitriles is 1. The van der Waals surface area contributed by atoms with E-state index in [4.69, 9.17) is 5.26 Å². The molecule has 1 aromatic carbocycles. The summed E-state index contributed by atoms with van der Waals surface area (Å²) < 4.78 is 0.871. The maximum Gasteiger partial charge on any atom is 0.292 e. The van der Waals surface area contributed by atoms with Crippen molar-refractivity contribution < 1.29 is 9.72 Å². The number of carbonyl (C=O) groups excluding carboxylic acids is 1. The van der Waals surface area contributed by atoms with Gasteiger partial charge in [0.1, 0.15) is 17.3 Å². The van der Waals surface area contributed by atoms with E-state index in [-0.39, 0.29) is 16.9 Å². The average Bonchev–Trinajstić information content (AvgIpc) is 2.90. The standard InChI is InChI=1S/C14H8BrN3O3S/c15-13-6-5-10(22-13)7-9(8-16)14(19)17-11-3-1-2-4-12(11)18(20)21/h1-7H,(H,17,19). The van der Waals surface area contributed by atoms with Gasteiger partial charge in [0.15, 0.2) is 0 Å². The molecule has 0 radical (unpaired) electrons. The number of halogens is 1. The number of thiophene rings is 1. The van der Waals surface area contributed by atoms with Crippen LogP contribution in [0.4, 0.5) is 11.4 Å². The van der Waals surface area contributed by atoms with Gasteiger partial charge >= 0.3 is 0 Å². The number of hydrogen-bond donors (Lipinski definition) is 1. The summed E-state index contributed by atoms with van der Waals surface area (Å²) in [7, 11) is 0. The van der Waals surface area contributed by atoms with E-state index >= 15 is 0 Å². The smallest absolute Gasteiger partial charge is 0.292 e. The normalized spacial score (nSPS) is 10.8. The summed E-state index contributed by atoms with van der Waals surface area (Å²) in [5.41, 5.74) is -0.314. The molecule has 1 aromatic heterocycles. The van der Waals surface area contributed by atoms with E-state index < -0.39 is 10.8 Å². The van der Waals surface area contributed by atoms with Crippen LogP contribution in [-0.4, -0.2) is 10.8 Å². The Labute approximate surface area is 138 Å². The van der Waals surface area contributed by atoms with E-state index in [1.807, 2.05) is 0 Å². The van der Waals surface area contributed by atoms with Crippen LogP contribution < -0.4 is 5.32 Å². The van der Waals surface area contributed by atoms with Crippen molar-refractivity contribution in [3.05, 3.63) is 60.7 Å². The Morgan fingerprint density at radius 1 is 1.36 bits per heavy atom. The van der Waals surface area contributed by atoms with Gasteiger partial charge in [0.25, 0.3) is 11.6 Å². The molecular formula is C14H8BrN3O3S. The number of hydrogen-bond acceptors (Lipinski definition) is 5. The fourth-order valence-electron chi connectivity index (χ4n) is 1.62. The average molecular weight is 378 g/mol. The van der Waals surface area contributed by atoms with E-state index in [2.05, 4.69) is 21.2 Å². The highest BCUT2D eigenvalue weighted by molar-refractivity contribution is 9.11. The van der Waals surface area contributed by atoms with Crippen molar-refractivity contribution >= 4 is 50.6 Å². The number of benzene rings is 1. The molecule has 6 nitrogen and oxygen atoms in total. The zero-order chi connectivity index (χ0) is 16.1. The number of para-hydroxylation sites is 2. The van der Waals surface area contributed by atoms with Crippen molar-refractivity contribution in [2.24, 2.45) is 0 Å². The van der Waals surface area contributed by atoms with Crippen molar-refractivity contribution in [2.45, 2.75) is 0 Å². The second-order valence-corrected chi connectivity index (χ2v) is 6.53. The maximum atomic E-state index is 12.1. The van der Waals surface area contributed by atoms with E-state index in [1.165, 1.54) is 35.6 Å².